The van der Waals surface area contributed by atoms with Crippen molar-refractivity contribution in [2.75, 3.05) is 18.0 Å². The molecule has 0 amide bonds. The highest BCUT2D eigenvalue weighted by molar-refractivity contribution is 5.91. The summed E-state index contributed by atoms with van der Waals surface area (Å²) in [4.78, 5) is 11.8. The van der Waals surface area contributed by atoms with Crippen LogP contribution in [0, 0.1) is 24.1 Å². The van der Waals surface area contributed by atoms with Crippen LogP contribution in [0.3, 0.4) is 0 Å². The standard InChI is InChI=1S/C26H25FN6O/c1-16-3-4-17(14-21(16)34)22-23(18-5-6-19(15-28)20(27)13-18)31-25(33-12-9-30-24(22)33)32-10-7-26(2,29)8-11-32/h3-6,9,12-14,34H,7-8,10-11,29H2,1-2H3. The van der Waals surface area contributed by atoms with E-state index >= 15 is 0 Å². The Bertz CT molecular complexity index is 1440. The van der Waals surface area contributed by atoms with Gasteiger partial charge >= 0.3 is 0 Å². The molecule has 34 heavy (non-hydrogen) atoms. The minimum absolute atomic E-state index is 0.0290. The maximum Gasteiger partial charge on any atom is 0.211 e. The smallest absolute Gasteiger partial charge is 0.211 e. The number of aromatic nitrogens is 3. The van der Waals surface area contributed by atoms with Gasteiger partial charge in [0.05, 0.1) is 16.8 Å². The number of nitrogens with zero attached hydrogens (tertiary/aromatic N) is 5. The number of aromatic hydroxyl groups is 1. The lowest BCUT2D eigenvalue weighted by molar-refractivity contribution is 0.361. The topological polar surface area (TPSA) is 103 Å². The van der Waals surface area contributed by atoms with E-state index in [-0.39, 0.29) is 16.9 Å². The predicted molar refractivity (Wildman–Crippen MR) is 129 cm³/mol. The fourth-order valence-corrected chi connectivity index (χ4v) is 4.40. The van der Waals surface area contributed by atoms with Crippen molar-refractivity contribution in [3.05, 3.63) is 65.7 Å². The average Bonchev–Trinajstić information content (AvgIpc) is 3.30. The molecule has 2 aromatic heterocycles. The molecule has 1 aliphatic rings. The number of imidazole rings is 1. The number of rotatable bonds is 3. The van der Waals surface area contributed by atoms with Crippen LogP contribution in [-0.2, 0) is 0 Å². The summed E-state index contributed by atoms with van der Waals surface area (Å²) in [6.45, 7) is 5.35. The van der Waals surface area contributed by atoms with Crippen molar-refractivity contribution >= 4 is 11.6 Å². The van der Waals surface area contributed by atoms with E-state index in [9.17, 15) is 14.8 Å². The van der Waals surface area contributed by atoms with Crippen molar-refractivity contribution in [3.63, 3.8) is 0 Å². The van der Waals surface area contributed by atoms with Crippen LogP contribution in [0.1, 0.15) is 30.9 Å². The Morgan fingerprint density at radius 1 is 1.15 bits per heavy atom. The first-order valence-electron chi connectivity index (χ1n) is 11.2. The molecule has 0 atom stereocenters. The number of piperidine rings is 1. The van der Waals surface area contributed by atoms with Gasteiger partial charge in [-0.3, -0.25) is 4.40 Å². The first-order chi connectivity index (χ1) is 16.3. The summed E-state index contributed by atoms with van der Waals surface area (Å²) in [6.07, 6.45) is 5.20. The van der Waals surface area contributed by atoms with Crippen molar-refractivity contribution in [1.82, 2.24) is 14.4 Å². The van der Waals surface area contributed by atoms with E-state index in [0.717, 1.165) is 31.5 Å². The Morgan fingerprint density at radius 3 is 2.56 bits per heavy atom. The zero-order chi connectivity index (χ0) is 24.0. The second kappa shape index (κ2) is 8.12. The molecule has 0 spiro atoms. The Labute approximate surface area is 196 Å². The van der Waals surface area contributed by atoms with Gasteiger partial charge in [-0.1, -0.05) is 18.2 Å². The third kappa shape index (κ3) is 3.74. The Kier molecular flexibility index (Phi) is 5.22. The fourth-order valence-electron chi connectivity index (χ4n) is 4.40. The number of halogens is 1. The molecule has 0 unspecified atom stereocenters. The normalized spacial score (nSPS) is 15.4. The Hall–Kier alpha value is -3.96. The first-order valence-corrected chi connectivity index (χ1v) is 11.2. The number of phenolic OH excluding ortho intramolecular Hbond substituents is 1. The second-order valence-electron chi connectivity index (χ2n) is 9.21. The number of benzene rings is 2. The first kappa shape index (κ1) is 21.9. The van der Waals surface area contributed by atoms with E-state index in [1.165, 1.54) is 12.1 Å². The van der Waals surface area contributed by atoms with Gasteiger partial charge in [-0.15, -0.1) is 0 Å². The van der Waals surface area contributed by atoms with Crippen LogP contribution < -0.4 is 10.6 Å². The number of nitrogens with two attached hydrogens (primary N) is 1. The van der Waals surface area contributed by atoms with Gasteiger partial charge in [-0.2, -0.15) is 5.26 Å². The van der Waals surface area contributed by atoms with Crippen LogP contribution in [0.25, 0.3) is 28.0 Å². The summed E-state index contributed by atoms with van der Waals surface area (Å²) in [6, 6.07) is 11.7. The molecule has 1 aliphatic heterocycles. The Morgan fingerprint density at radius 2 is 1.88 bits per heavy atom. The average molecular weight is 457 g/mol. The van der Waals surface area contributed by atoms with Crippen molar-refractivity contribution < 1.29 is 9.50 Å². The zero-order valence-corrected chi connectivity index (χ0v) is 19.1. The van der Waals surface area contributed by atoms with Crippen LogP contribution in [-0.4, -0.2) is 38.1 Å². The van der Waals surface area contributed by atoms with Crippen LogP contribution >= 0.6 is 0 Å². The minimum atomic E-state index is -0.610. The van der Waals surface area contributed by atoms with Gasteiger partial charge < -0.3 is 15.7 Å². The van der Waals surface area contributed by atoms with Crippen molar-refractivity contribution in [2.24, 2.45) is 5.73 Å². The summed E-state index contributed by atoms with van der Waals surface area (Å²) in [5, 5.41) is 19.6. The van der Waals surface area contributed by atoms with E-state index in [1.54, 1.807) is 18.3 Å². The summed E-state index contributed by atoms with van der Waals surface area (Å²) in [5.41, 5.74) is 9.94. The molecule has 0 saturated carbocycles. The molecule has 2 aromatic carbocycles. The van der Waals surface area contributed by atoms with E-state index in [2.05, 4.69) is 16.8 Å². The van der Waals surface area contributed by atoms with E-state index in [4.69, 9.17) is 10.7 Å². The highest BCUT2D eigenvalue weighted by Crippen LogP contribution is 2.38. The molecule has 5 rings (SSSR count). The molecule has 0 aliphatic carbocycles. The van der Waals surface area contributed by atoms with Crippen molar-refractivity contribution in [2.45, 2.75) is 32.2 Å². The SMILES string of the molecule is Cc1ccc(-c2c(-c3ccc(C#N)c(F)c3)nc(N3CCC(C)(N)CC3)n3ccnc23)cc1O. The molecule has 7 nitrogen and oxygen atoms in total. The number of phenols is 1. The molecule has 1 fully saturated rings. The lowest BCUT2D eigenvalue weighted by atomic mass is 9.91. The van der Waals surface area contributed by atoms with Gasteiger partial charge in [-0.05, 0) is 56.0 Å². The van der Waals surface area contributed by atoms with Gasteiger partial charge in [0.1, 0.15) is 23.3 Å². The molecule has 0 bridgehead atoms. The van der Waals surface area contributed by atoms with Crippen LogP contribution in [0.5, 0.6) is 5.75 Å². The molecule has 8 heteroatoms. The third-order valence-electron chi connectivity index (χ3n) is 6.58. The number of hydrogen-bond donors (Lipinski definition) is 2. The number of fused-ring (bicyclic) bond motifs is 1. The fraction of sp³-hybridized carbons (Fsp3) is 0.269. The van der Waals surface area contributed by atoms with E-state index < -0.39 is 5.82 Å². The van der Waals surface area contributed by atoms with Crippen LogP contribution in [0.2, 0.25) is 0 Å². The van der Waals surface area contributed by atoms with Crippen LogP contribution in [0.15, 0.2) is 48.8 Å². The maximum atomic E-state index is 14.6. The largest absolute Gasteiger partial charge is 0.508 e. The molecule has 0 radical (unpaired) electrons. The molecule has 4 aromatic rings. The van der Waals surface area contributed by atoms with Gasteiger partial charge in [0.15, 0.2) is 0 Å². The lowest BCUT2D eigenvalue weighted by Crippen LogP contribution is -2.48. The summed E-state index contributed by atoms with van der Waals surface area (Å²) in [5.74, 6) is 0.241. The Balaban J connectivity index is 1.77. The van der Waals surface area contributed by atoms with Crippen molar-refractivity contribution in [3.8, 4) is 34.2 Å². The number of hydrogen-bond acceptors (Lipinski definition) is 6. The summed E-state index contributed by atoms with van der Waals surface area (Å²) >= 11 is 0. The number of nitriles is 1. The molecular weight excluding hydrogens is 431 g/mol. The van der Waals surface area contributed by atoms with E-state index in [1.807, 2.05) is 35.7 Å². The van der Waals surface area contributed by atoms with E-state index in [0.29, 0.717) is 34.0 Å². The molecule has 3 N–H and O–H groups in total. The third-order valence-corrected chi connectivity index (χ3v) is 6.58. The quantitative estimate of drug-likeness (QED) is 0.473. The monoisotopic (exact) mass is 456 g/mol. The van der Waals surface area contributed by atoms with Crippen LogP contribution in [0.4, 0.5) is 10.3 Å². The molecule has 172 valence electrons. The predicted octanol–water partition coefficient (Wildman–Crippen LogP) is 4.41. The van der Waals surface area contributed by atoms with Gasteiger partial charge in [0, 0.05) is 36.6 Å². The lowest BCUT2D eigenvalue weighted by Gasteiger charge is -2.37. The summed E-state index contributed by atoms with van der Waals surface area (Å²) in [7, 11) is 0. The highest BCUT2D eigenvalue weighted by atomic mass is 19.1. The van der Waals surface area contributed by atoms with Crippen molar-refractivity contribution in [1.29, 1.82) is 5.26 Å². The molecular formula is C26H25FN6O. The number of anilines is 1. The maximum absolute atomic E-state index is 14.6. The van der Waals surface area contributed by atoms with Gasteiger partial charge in [0.2, 0.25) is 5.95 Å². The zero-order valence-electron chi connectivity index (χ0n) is 19.1. The second-order valence-corrected chi connectivity index (χ2v) is 9.21. The molecule has 1 saturated heterocycles. The number of aryl methyl sites for hydroxylation is 1. The van der Waals surface area contributed by atoms with Gasteiger partial charge in [-0.25, -0.2) is 14.4 Å². The summed E-state index contributed by atoms with van der Waals surface area (Å²) < 4.78 is 16.6. The highest BCUT2D eigenvalue weighted by Gasteiger charge is 2.29. The minimum Gasteiger partial charge on any atom is -0.508 e. The molecule has 3 heterocycles. The van der Waals surface area contributed by atoms with Gasteiger partial charge in [0.25, 0.3) is 0 Å².